The smallest absolute Gasteiger partial charge is 0.227 e. The quantitative estimate of drug-likeness (QED) is 0.512. The second kappa shape index (κ2) is 7.56. The number of para-hydroxylation sites is 3. The molecule has 6 heteroatoms. The number of imidazole rings is 1. The maximum atomic E-state index is 5.66. The molecule has 1 fully saturated rings. The van der Waals surface area contributed by atoms with Crippen LogP contribution < -0.4 is 0 Å². The Morgan fingerprint density at radius 3 is 2.68 bits per heavy atom. The van der Waals surface area contributed by atoms with Gasteiger partial charge in [-0.25, -0.2) is 4.98 Å². The lowest BCUT2D eigenvalue weighted by molar-refractivity contribution is 0.109. The highest BCUT2D eigenvalue weighted by Gasteiger charge is 2.19. The average molecular weight is 374 g/mol. The van der Waals surface area contributed by atoms with E-state index in [1.54, 1.807) is 0 Å². The molecule has 142 valence electrons. The van der Waals surface area contributed by atoms with Crippen LogP contribution in [-0.2, 0) is 24.0 Å². The van der Waals surface area contributed by atoms with Crippen molar-refractivity contribution in [3.05, 3.63) is 72.1 Å². The summed E-state index contributed by atoms with van der Waals surface area (Å²) in [4.78, 5) is 9.40. The van der Waals surface area contributed by atoms with Gasteiger partial charge in [-0.2, -0.15) is 4.98 Å². The summed E-state index contributed by atoms with van der Waals surface area (Å²) < 4.78 is 13.3. The van der Waals surface area contributed by atoms with E-state index in [4.69, 9.17) is 14.2 Å². The van der Waals surface area contributed by atoms with Crippen LogP contribution in [0.4, 0.5) is 0 Å². The molecule has 28 heavy (non-hydrogen) atoms. The van der Waals surface area contributed by atoms with Crippen LogP contribution in [0.15, 0.2) is 59.1 Å². The molecule has 1 saturated heterocycles. The monoisotopic (exact) mass is 374 g/mol. The fourth-order valence-electron chi connectivity index (χ4n) is 3.81. The van der Waals surface area contributed by atoms with Gasteiger partial charge in [0.15, 0.2) is 5.82 Å². The van der Waals surface area contributed by atoms with Crippen LogP contribution in [0.2, 0.25) is 0 Å². The van der Waals surface area contributed by atoms with E-state index in [0.29, 0.717) is 12.3 Å². The molecule has 1 unspecified atom stereocenters. The van der Waals surface area contributed by atoms with Gasteiger partial charge in [-0.3, -0.25) is 4.57 Å². The maximum absolute atomic E-state index is 5.66. The van der Waals surface area contributed by atoms with Gasteiger partial charge in [0.1, 0.15) is 5.82 Å². The van der Waals surface area contributed by atoms with Crippen LogP contribution in [0, 0.1) is 0 Å². The minimum absolute atomic E-state index is 0.229. The lowest BCUT2D eigenvalue weighted by Crippen LogP contribution is -2.10. The molecule has 0 saturated carbocycles. The number of rotatable bonds is 6. The minimum atomic E-state index is 0.229. The highest BCUT2D eigenvalue weighted by molar-refractivity contribution is 5.78. The summed E-state index contributed by atoms with van der Waals surface area (Å²) in [6.07, 6.45) is 4.54. The highest BCUT2D eigenvalue weighted by atomic mass is 16.5. The largest absolute Gasteiger partial charge is 0.378 e. The van der Waals surface area contributed by atoms with Crippen molar-refractivity contribution in [3.8, 4) is 5.69 Å². The Labute approximate surface area is 163 Å². The van der Waals surface area contributed by atoms with Gasteiger partial charge >= 0.3 is 0 Å². The molecular formula is C22H22N4O2. The van der Waals surface area contributed by atoms with E-state index in [2.05, 4.69) is 32.9 Å². The number of nitrogens with zero attached hydrogens (tertiary/aromatic N) is 4. The molecule has 5 rings (SSSR count). The molecule has 0 bridgehead atoms. The van der Waals surface area contributed by atoms with Crippen molar-refractivity contribution in [3.63, 3.8) is 0 Å². The van der Waals surface area contributed by atoms with Crippen molar-refractivity contribution in [1.82, 2.24) is 19.7 Å². The molecule has 1 aliphatic heterocycles. The van der Waals surface area contributed by atoms with Crippen LogP contribution in [0.1, 0.15) is 30.4 Å². The molecule has 0 aliphatic carbocycles. The van der Waals surface area contributed by atoms with E-state index in [0.717, 1.165) is 60.7 Å². The number of fused-ring (bicyclic) bond motifs is 1. The first kappa shape index (κ1) is 17.1. The Hall–Kier alpha value is -2.99. The van der Waals surface area contributed by atoms with E-state index < -0.39 is 0 Å². The Bertz CT molecular complexity index is 1060. The van der Waals surface area contributed by atoms with Gasteiger partial charge in [0.2, 0.25) is 5.89 Å². The minimum Gasteiger partial charge on any atom is -0.378 e. The lowest BCUT2D eigenvalue weighted by atomic mass is 10.2. The van der Waals surface area contributed by atoms with Crippen molar-refractivity contribution < 1.29 is 9.26 Å². The zero-order chi connectivity index (χ0) is 18.8. The van der Waals surface area contributed by atoms with E-state index >= 15 is 0 Å². The predicted octanol–water partition coefficient (Wildman–Crippen LogP) is 3.92. The summed E-state index contributed by atoms with van der Waals surface area (Å²) in [6.45, 7) is 0.838. The average Bonchev–Trinajstić information content (AvgIpc) is 3.47. The maximum Gasteiger partial charge on any atom is 0.227 e. The normalized spacial score (nSPS) is 16.8. The van der Waals surface area contributed by atoms with Gasteiger partial charge in [0.25, 0.3) is 0 Å². The van der Waals surface area contributed by atoms with E-state index in [1.807, 2.05) is 36.4 Å². The molecule has 3 heterocycles. The van der Waals surface area contributed by atoms with Crippen molar-refractivity contribution in [2.24, 2.45) is 0 Å². The molecule has 4 aromatic rings. The first-order valence-electron chi connectivity index (χ1n) is 9.82. The number of benzene rings is 2. The standard InChI is InChI=1S/C22H22N4O2/c1-2-7-16(8-3-1)26-19-11-5-4-10-18(19)23-21(26)12-13-22-24-20(25-28-22)15-17-9-6-14-27-17/h1-5,7-8,10-11,17H,6,9,12-15H2. The van der Waals surface area contributed by atoms with Gasteiger partial charge in [-0.05, 0) is 37.1 Å². The van der Waals surface area contributed by atoms with Gasteiger partial charge in [0.05, 0.1) is 17.1 Å². The molecule has 6 nitrogen and oxygen atoms in total. The molecule has 0 spiro atoms. The summed E-state index contributed by atoms with van der Waals surface area (Å²) in [5.74, 6) is 2.38. The predicted molar refractivity (Wildman–Crippen MR) is 105 cm³/mol. The zero-order valence-electron chi connectivity index (χ0n) is 15.6. The van der Waals surface area contributed by atoms with Crippen LogP contribution in [0.5, 0.6) is 0 Å². The number of aromatic nitrogens is 4. The Balaban J connectivity index is 1.37. The number of hydrogen-bond donors (Lipinski definition) is 0. The van der Waals surface area contributed by atoms with Gasteiger partial charge in [-0.15, -0.1) is 0 Å². The molecule has 2 aromatic carbocycles. The van der Waals surface area contributed by atoms with Crippen molar-refractivity contribution in [1.29, 1.82) is 0 Å². The fourth-order valence-corrected chi connectivity index (χ4v) is 3.81. The number of hydrogen-bond acceptors (Lipinski definition) is 5. The number of aryl methyl sites for hydroxylation is 2. The summed E-state index contributed by atoms with van der Waals surface area (Å²) >= 11 is 0. The molecule has 0 amide bonds. The van der Waals surface area contributed by atoms with Gasteiger partial charge in [-0.1, -0.05) is 35.5 Å². The van der Waals surface area contributed by atoms with Crippen LogP contribution >= 0.6 is 0 Å². The molecule has 1 atom stereocenters. The number of ether oxygens (including phenoxy) is 1. The fraction of sp³-hybridized carbons (Fsp3) is 0.318. The van der Waals surface area contributed by atoms with Crippen molar-refractivity contribution >= 4 is 11.0 Å². The third-order valence-corrected chi connectivity index (χ3v) is 5.15. The Kier molecular flexibility index (Phi) is 4.62. The van der Waals surface area contributed by atoms with Gasteiger partial charge < -0.3 is 9.26 Å². The summed E-state index contributed by atoms with van der Waals surface area (Å²) in [5, 5.41) is 4.12. The third-order valence-electron chi connectivity index (χ3n) is 5.15. The molecular weight excluding hydrogens is 352 g/mol. The van der Waals surface area contributed by atoms with Crippen molar-refractivity contribution in [2.75, 3.05) is 6.61 Å². The summed E-state index contributed by atoms with van der Waals surface area (Å²) in [6, 6.07) is 18.5. The lowest BCUT2D eigenvalue weighted by Gasteiger charge is -2.08. The van der Waals surface area contributed by atoms with E-state index in [1.165, 1.54) is 0 Å². The molecule has 0 radical (unpaired) electrons. The Morgan fingerprint density at radius 2 is 1.82 bits per heavy atom. The summed E-state index contributed by atoms with van der Waals surface area (Å²) in [7, 11) is 0. The highest BCUT2D eigenvalue weighted by Crippen LogP contribution is 2.22. The third kappa shape index (κ3) is 3.43. The second-order valence-electron chi connectivity index (χ2n) is 7.13. The van der Waals surface area contributed by atoms with Gasteiger partial charge in [0, 0.05) is 31.6 Å². The second-order valence-corrected chi connectivity index (χ2v) is 7.13. The van der Waals surface area contributed by atoms with Crippen LogP contribution in [0.3, 0.4) is 0 Å². The van der Waals surface area contributed by atoms with E-state index in [9.17, 15) is 0 Å². The van der Waals surface area contributed by atoms with Crippen LogP contribution in [0.25, 0.3) is 16.7 Å². The molecule has 1 aliphatic rings. The SMILES string of the molecule is c1ccc(-n2c(CCc3nc(CC4CCCO4)no3)nc3ccccc32)cc1. The first-order chi connectivity index (χ1) is 13.9. The van der Waals surface area contributed by atoms with E-state index in [-0.39, 0.29) is 6.10 Å². The Morgan fingerprint density at radius 1 is 0.964 bits per heavy atom. The van der Waals surface area contributed by atoms with Crippen molar-refractivity contribution in [2.45, 2.75) is 38.2 Å². The topological polar surface area (TPSA) is 66.0 Å². The first-order valence-corrected chi connectivity index (χ1v) is 9.82. The van der Waals surface area contributed by atoms with Crippen LogP contribution in [-0.4, -0.2) is 32.4 Å². The summed E-state index contributed by atoms with van der Waals surface area (Å²) in [5.41, 5.74) is 3.20. The zero-order valence-corrected chi connectivity index (χ0v) is 15.6. The molecule has 2 aromatic heterocycles. The molecule has 0 N–H and O–H groups in total.